The third-order valence-corrected chi connectivity index (χ3v) is 3.41. The summed E-state index contributed by atoms with van der Waals surface area (Å²) in [5, 5.41) is 4.30. The molecule has 0 bridgehead atoms. The van der Waals surface area contributed by atoms with Gasteiger partial charge in [-0.15, -0.1) is 0 Å². The lowest BCUT2D eigenvalue weighted by Crippen LogP contribution is -2.46. The molecule has 2 heterocycles. The average Bonchev–Trinajstić information content (AvgIpc) is 2.64. The van der Waals surface area contributed by atoms with Gasteiger partial charge in [0.05, 0.1) is 17.9 Å². The van der Waals surface area contributed by atoms with E-state index in [0.717, 1.165) is 18.8 Å². The van der Waals surface area contributed by atoms with Crippen LogP contribution in [-0.2, 0) is 0 Å². The summed E-state index contributed by atoms with van der Waals surface area (Å²) in [6.45, 7) is 9.12. The fourth-order valence-electron chi connectivity index (χ4n) is 2.35. The van der Waals surface area contributed by atoms with Crippen molar-refractivity contribution < 1.29 is 0 Å². The molecule has 2 rings (SSSR count). The quantitative estimate of drug-likeness (QED) is 0.789. The minimum absolute atomic E-state index is 0.286. The van der Waals surface area contributed by atoms with Crippen LogP contribution < -0.4 is 5.73 Å². The van der Waals surface area contributed by atoms with E-state index < -0.39 is 0 Å². The highest BCUT2D eigenvalue weighted by Crippen LogP contribution is 2.26. The number of piperidine rings is 1. The van der Waals surface area contributed by atoms with Crippen LogP contribution in [0, 0.1) is 0 Å². The van der Waals surface area contributed by atoms with Gasteiger partial charge in [-0.05, 0) is 33.6 Å². The van der Waals surface area contributed by atoms with Crippen molar-refractivity contribution in [2.24, 2.45) is 0 Å². The number of hydrogen-bond acceptors (Lipinski definition) is 3. The highest BCUT2D eigenvalue weighted by Gasteiger charge is 2.27. The Morgan fingerprint density at radius 1 is 1.31 bits per heavy atom. The number of nitrogens with two attached hydrogens (primary N) is 1. The van der Waals surface area contributed by atoms with Crippen molar-refractivity contribution >= 4 is 5.69 Å². The van der Waals surface area contributed by atoms with E-state index in [2.05, 4.69) is 30.8 Å². The van der Waals surface area contributed by atoms with E-state index in [4.69, 9.17) is 5.73 Å². The summed E-state index contributed by atoms with van der Waals surface area (Å²) in [5.41, 5.74) is 6.74. The third-order valence-electron chi connectivity index (χ3n) is 3.41. The summed E-state index contributed by atoms with van der Waals surface area (Å²) in [6.07, 6.45) is 6.00. The Hall–Kier alpha value is -1.03. The first-order valence-corrected chi connectivity index (χ1v) is 6.01. The van der Waals surface area contributed by atoms with Crippen LogP contribution in [0.3, 0.4) is 0 Å². The molecule has 4 heteroatoms. The first-order valence-electron chi connectivity index (χ1n) is 6.01. The lowest BCUT2D eigenvalue weighted by Gasteiger charge is -2.40. The van der Waals surface area contributed by atoms with Crippen LogP contribution in [0.15, 0.2) is 12.4 Å². The van der Waals surface area contributed by atoms with Crippen molar-refractivity contribution in [3.8, 4) is 0 Å². The van der Waals surface area contributed by atoms with E-state index in [-0.39, 0.29) is 5.54 Å². The fourth-order valence-corrected chi connectivity index (χ4v) is 2.35. The molecule has 1 aromatic rings. The largest absolute Gasteiger partial charge is 0.396 e. The molecule has 1 aliphatic heterocycles. The van der Waals surface area contributed by atoms with E-state index in [0.29, 0.717) is 6.04 Å². The van der Waals surface area contributed by atoms with Crippen LogP contribution in [0.4, 0.5) is 5.69 Å². The van der Waals surface area contributed by atoms with Gasteiger partial charge in [0.15, 0.2) is 0 Å². The van der Waals surface area contributed by atoms with Crippen molar-refractivity contribution in [1.29, 1.82) is 0 Å². The van der Waals surface area contributed by atoms with Crippen molar-refractivity contribution in [2.75, 3.05) is 18.8 Å². The first-order chi connectivity index (χ1) is 7.47. The van der Waals surface area contributed by atoms with Crippen LogP contribution in [0.5, 0.6) is 0 Å². The van der Waals surface area contributed by atoms with Gasteiger partial charge in [0.2, 0.25) is 0 Å². The normalized spacial score (nSPS) is 20.2. The second-order valence-corrected chi connectivity index (χ2v) is 5.64. The Labute approximate surface area is 97.4 Å². The van der Waals surface area contributed by atoms with Crippen molar-refractivity contribution in [2.45, 2.75) is 45.2 Å². The predicted molar refractivity (Wildman–Crippen MR) is 66.2 cm³/mol. The fraction of sp³-hybridized carbons (Fsp3) is 0.750. The zero-order valence-electron chi connectivity index (χ0n) is 10.5. The summed E-state index contributed by atoms with van der Waals surface area (Å²) >= 11 is 0. The molecule has 0 aromatic carbocycles. The number of nitrogen functional groups attached to an aromatic ring is 1. The molecule has 1 aliphatic rings. The summed E-state index contributed by atoms with van der Waals surface area (Å²) in [7, 11) is 0. The van der Waals surface area contributed by atoms with Crippen molar-refractivity contribution in [1.82, 2.24) is 14.7 Å². The van der Waals surface area contributed by atoms with Gasteiger partial charge in [-0.1, -0.05) is 0 Å². The molecule has 0 unspecified atom stereocenters. The summed E-state index contributed by atoms with van der Waals surface area (Å²) in [4.78, 5) is 2.54. The molecule has 1 saturated heterocycles. The van der Waals surface area contributed by atoms with Crippen LogP contribution in [0.25, 0.3) is 0 Å². The SMILES string of the molecule is CC(C)(C)N1CCC(n2cc(N)cn2)CC1. The molecule has 0 spiro atoms. The standard InChI is InChI=1S/C12H22N4/c1-12(2,3)15-6-4-11(5-7-15)16-9-10(13)8-14-16/h8-9,11H,4-7,13H2,1-3H3. The van der Waals surface area contributed by atoms with Crippen molar-refractivity contribution in [3.63, 3.8) is 0 Å². The maximum absolute atomic E-state index is 5.69. The zero-order chi connectivity index (χ0) is 11.8. The van der Waals surface area contributed by atoms with E-state index in [1.54, 1.807) is 6.20 Å². The molecule has 1 aromatic heterocycles. The number of hydrogen-bond donors (Lipinski definition) is 1. The van der Waals surface area contributed by atoms with Crippen LogP contribution >= 0.6 is 0 Å². The maximum atomic E-state index is 5.69. The minimum Gasteiger partial charge on any atom is -0.396 e. The zero-order valence-corrected chi connectivity index (χ0v) is 10.5. The Bertz CT molecular complexity index is 342. The van der Waals surface area contributed by atoms with Gasteiger partial charge >= 0.3 is 0 Å². The van der Waals surface area contributed by atoms with E-state index in [1.807, 2.05) is 10.9 Å². The molecule has 0 atom stereocenters. The van der Waals surface area contributed by atoms with Gasteiger partial charge in [-0.2, -0.15) is 5.10 Å². The first kappa shape index (κ1) is 11.5. The van der Waals surface area contributed by atoms with E-state index in [1.165, 1.54) is 12.8 Å². The molecule has 16 heavy (non-hydrogen) atoms. The minimum atomic E-state index is 0.286. The van der Waals surface area contributed by atoms with Gasteiger partial charge in [-0.25, -0.2) is 0 Å². The van der Waals surface area contributed by atoms with E-state index in [9.17, 15) is 0 Å². The molecule has 0 saturated carbocycles. The maximum Gasteiger partial charge on any atom is 0.0719 e. The number of rotatable bonds is 1. The number of aromatic nitrogens is 2. The molecule has 4 nitrogen and oxygen atoms in total. The number of anilines is 1. The Morgan fingerprint density at radius 2 is 1.94 bits per heavy atom. The monoisotopic (exact) mass is 222 g/mol. The predicted octanol–water partition coefficient (Wildman–Crippen LogP) is 1.90. The summed E-state index contributed by atoms with van der Waals surface area (Å²) in [6, 6.07) is 0.524. The molecule has 0 radical (unpaired) electrons. The Balaban J connectivity index is 1.95. The van der Waals surface area contributed by atoms with Gasteiger partial charge in [0.25, 0.3) is 0 Å². The van der Waals surface area contributed by atoms with Crippen LogP contribution in [0.2, 0.25) is 0 Å². The topological polar surface area (TPSA) is 47.1 Å². The average molecular weight is 222 g/mol. The van der Waals surface area contributed by atoms with Gasteiger partial charge in [0, 0.05) is 24.8 Å². The number of likely N-dealkylation sites (tertiary alicyclic amines) is 1. The lowest BCUT2D eigenvalue weighted by molar-refractivity contribution is 0.0870. The molecule has 90 valence electrons. The summed E-state index contributed by atoms with van der Waals surface area (Å²) < 4.78 is 2.02. The molecule has 1 fully saturated rings. The highest BCUT2D eigenvalue weighted by atomic mass is 15.3. The number of nitrogens with zero attached hydrogens (tertiary/aromatic N) is 3. The molecule has 0 aliphatic carbocycles. The Kier molecular flexibility index (Phi) is 2.93. The molecule has 0 amide bonds. The molecular formula is C12H22N4. The van der Waals surface area contributed by atoms with E-state index >= 15 is 0 Å². The van der Waals surface area contributed by atoms with Gasteiger partial charge in [-0.3, -0.25) is 9.58 Å². The van der Waals surface area contributed by atoms with Gasteiger partial charge < -0.3 is 5.73 Å². The highest BCUT2D eigenvalue weighted by molar-refractivity contribution is 5.30. The van der Waals surface area contributed by atoms with Gasteiger partial charge in [0.1, 0.15) is 0 Å². The summed E-state index contributed by atoms with van der Waals surface area (Å²) in [5.74, 6) is 0. The van der Waals surface area contributed by atoms with Crippen LogP contribution in [0.1, 0.15) is 39.7 Å². The van der Waals surface area contributed by atoms with Crippen molar-refractivity contribution in [3.05, 3.63) is 12.4 Å². The Morgan fingerprint density at radius 3 is 2.38 bits per heavy atom. The second-order valence-electron chi connectivity index (χ2n) is 5.64. The smallest absolute Gasteiger partial charge is 0.0719 e. The third kappa shape index (κ3) is 2.38. The lowest BCUT2D eigenvalue weighted by atomic mass is 9.98. The molecular weight excluding hydrogens is 200 g/mol. The van der Waals surface area contributed by atoms with Crippen LogP contribution in [-0.4, -0.2) is 33.3 Å². The molecule has 2 N–H and O–H groups in total. The second kappa shape index (κ2) is 4.09.